The van der Waals surface area contributed by atoms with Gasteiger partial charge >= 0.3 is 12.0 Å². The molecule has 0 aliphatic carbocycles. The van der Waals surface area contributed by atoms with Crippen molar-refractivity contribution >= 4 is 35.0 Å². The van der Waals surface area contributed by atoms with Crippen LogP contribution < -0.4 is 20.9 Å². The molecular weight excluding hydrogens is 534 g/mol. The molecule has 2 aliphatic heterocycles. The maximum Gasteiger partial charge on any atom is 0.338 e. The zero-order chi connectivity index (χ0) is 29.3. The Balaban J connectivity index is 1.29. The normalized spacial score (nSPS) is 14.9. The average Bonchev–Trinajstić information content (AvgIpc) is 3.01. The smallest absolute Gasteiger partial charge is 0.338 e. The number of benzene rings is 3. The van der Waals surface area contributed by atoms with Crippen LogP contribution in [0.15, 0.2) is 66.7 Å². The van der Waals surface area contributed by atoms with Crippen LogP contribution in [0.1, 0.15) is 38.8 Å². The molecule has 0 bridgehead atoms. The van der Waals surface area contributed by atoms with Gasteiger partial charge < -0.3 is 30.3 Å². The third-order valence-corrected chi connectivity index (χ3v) is 7.44. The highest BCUT2D eigenvalue weighted by Crippen LogP contribution is 2.30. The van der Waals surface area contributed by atoms with E-state index in [1.807, 2.05) is 18.2 Å². The number of esters is 1. The third-order valence-electron chi connectivity index (χ3n) is 7.44. The van der Waals surface area contributed by atoms with Crippen molar-refractivity contribution in [1.29, 1.82) is 0 Å². The Morgan fingerprint density at radius 1 is 0.881 bits per heavy atom. The number of carbonyl (C=O) groups excluding carboxylic acids is 3. The van der Waals surface area contributed by atoms with E-state index >= 15 is 0 Å². The molecule has 0 aromatic heterocycles. The van der Waals surface area contributed by atoms with E-state index in [1.54, 1.807) is 37.3 Å². The minimum atomic E-state index is -0.461. The van der Waals surface area contributed by atoms with Crippen LogP contribution in [0, 0.1) is 0 Å². The van der Waals surface area contributed by atoms with Crippen molar-refractivity contribution in [3.05, 3.63) is 89.0 Å². The highest BCUT2D eigenvalue weighted by Gasteiger charge is 2.22. The molecule has 3 aromatic carbocycles. The molecule has 5 rings (SSSR count). The largest absolute Gasteiger partial charge is 0.462 e. The molecule has 10 nitrogen and oxygen atoms in total. The van der Waals surface area contributed by atoms with Gasteiger partial charge in [-0.3, -0.25) is 9.69 Å². The van der Waals surface area contributed by atoms with Crippen LogP contribution in [-0.2, 0) is 22.4 Å². The lowest BCUT2D eigenvalue weighted by molar-refractivity contribution is 0.0383. The Kier molecular flexibility index (Phi) is 9.68. The van der Waals surface area contributed by atoms with Gasteiger partial charge in [0, 0.05) is 56.3 Å². The Bertz CT molecular complexity index is 1400. The summed E-state index contributed by atoms with van der Waals surface area (Å²) in [5, 5.41) is 8.68. The molecule has 0 radical (unpaired) electrons. The van der Waals surface area contributed by atoms with E-state index in [0.717, 1.165) is 38.3 Å². The molecule has 220 valence electrons. The van der Waals surface area contributed by atoms with E-state index < -0.39 is 12.0 Å². The van der Waals surface area contributed by atoms with E-state index in [9.17, 15) is 14.4 Å². The summed E-state index contributed by atoms with van der Waals surface area (Å²) in [5.74, 6) is -0.600. The van der Waals surface area contributed by atoms with Crippen LogP contribution in [0.5, 0.6) is 0 Å². The fraction of sp³-hybridized carbons (Fsp3) is 0.344. The predicted octanol–water partition coefficient (Wildman–Crippen LogP) is 4.13. The molecule has 0 unspecified atom stereocenters. The number of carbonyl (C=O) groups is 3. The van der Waals surface area contributed by atoms with Gasteiger partial charge in [-0.2, -0.15) is 0 Å². The summed E-state index contributed by atoms with van der Waals surface area (Å²) in [6.07, 6.45) is 0.894. The zero-order valence-corrected chi connectivity index (χ0v) is 23.9. The minimum absolute atomic E-state index is 0.185. The molecule has 0 saturated carbocycles. The van der Waals surface area contributed by atoms with Crippen molar-refractivity contribution in [3.8, 4) is 0 Å². The first-order chi connectivity index (χ1) is 20.5. The van der Waals surface area contributed by atoms with Gasteiger partial charge in [0.05, 0.1) is 30.9 Å². The van der Waals surface area contributed by atoms with Crippen LogP contribution in [0.25, 0.3) is 0 Å². The number of rotatable bonds is 9. The molecule has 1 saturated heterocycles. The van der Waals surface area contributed by atoms with Crippen molar-refractivity contribution < 1.29 is 23.9 Å². The lowest BCUT2D eigenvalue weighted by atomic mass is 9.98. The lowest BCUT2D eigenvalue weighted by Crippen LogP contribution is -2.41. The van der Waals surface area contributed by atoms with E-state index in [-0.39, 0.29) is 5.91 Å². The summed E-state index contributed by atoms with van der Waals surface area (Å²) in [6, 6.07) is 19.8. The van der Waals surface area contributed by atoms with Gasteiger partial charge in [-0.1, -0.05) is 24.3 Å². The molecule has 3 aromatic rings. The highest BCUT2D eigenvalue weighted by atomic mass is 16.5. The van der Waals surface area contributed by atoms with E-state index in [1.165, 1.54) is 11.1 Å². The molecule has 1 fully saturated rings. The van der Waals surface area contributed by atoms with Crippen LogP contribution in [-0.4, -0.2) is 75.4 Å². The molecule has 0 spiro atoms. The van der Waals surface area contributed by atoms with Crippen molar-refractivity contribution in [2.75, 3.05) is 68.1 Å². The number of morpholine rings is 1. The molecule has 3 amide bonds. The summed E-state index contributed by atoms with van der Waals surface area (Å²) < 4.78 is 10.4. The van der Waals surface area contributed by atoms with Gasteiger partial charge in [0.25, 0.3) is 5.91 Å². The number of hydrogen-bond acceptors (Lipinski definition) is 7. The summed E-state index contributed by atoms with van der Waals surface area (Å²) in [4.78, 5) is 42.7. The first kappa shape index (κ1) is 29.1. The van der Waals surface area contributed by atoms with Gasteiger partial charge in [0.15, 0.2) is 0 Å². The molecule has 3 N–H and O–H groups in total. The second-order valence-corrected chi connectivity index (χ2v) is 10.3. The highest BCUT2D eigenvalue weighted by molar-refractivity contribution is 6.04. The summed E-state index contributed by atoms with van der Waals surface area (Å²) in [7, 11) is 0. The topological polar surface area (TPSA) is 112 Å². The number of fused-ring (bicyclic) bond motifs is 1. The number of anilines is 3. The third kappa shape index (κ3) is 7.45. The maximum absolute atomic E-state index is 13.5. The Labute approximate surface area is 246 Å². The van der Waals surface area contributed by atoms with Gasteiger partial charge in [-0.25, -0.2) is 9.59 Å². The van der Waals surface area contributed by atoms with Crippen LogP contribution in [0.3, 0.4) is 0 Å². The first-order valence-corrected chi connectivity index (χ1v) is 14.4. The second kappa shape index (κ2) is 14.0. The van der Waals surface area contributed by atoms with Gasteiger partial charge in [-0.05, 0) is 66.9 Å². The van der Waals surface area contributed by atoms with Crippen LogP contribution in [0.2, 0.25) is 0 Å². The molecule has 2 aliphatic rings. The van der Waals surface area contributed by atoms with E-state index in [4.69, 9.17) is 9.47 Å². The Morgan fingerprint density at radius 3 is 2.36 bits per heavy atom. The summed E-state index contributed by atoms with van der Waals surface area (Å²) >= 11 is 0. The number of nitrogens with zero attached hydrogens (tertiary/aromatic N) is 2. The van der Waals surface area contributed by atoms with Crippen molar-refractivity contribution in [2.24, 2.45) is 0 Å². The second-order valence-electron chi connectivity index (χ2n) is 10.3. The summed E-state index contributed by atoms with van der Waals surface area (Å²) in [5.41, 5.74) is 5.33. The fourth-order valence-electron chi connectivity index (χ4n) is 5.22. The Hall–Kier alpha value is -4.41. The number of hydrogen-bond donors (Lipinski definition) is 3. The predicted molar refractivity (Wildman–Crippen MR) is 162 cm³/mol. The zero-order valence-electron chi connectivity index (χ0n) is 23.9. The number of amides is 3. The quantitative estimate of drug-likeness (QED) is 0.331. The molecular formula is C32H37N5O5. The molecule has 0 atom stereocenters. The standard InChI is InChI=1S/C32H37N5O5/c1-2-42-31(39)24-7-9-26(10-8-24)34-32(40)35-27-11-12-29(37-15-13-23-5-3-4-6-25(23)22-37)28(21-27)30(38)33-14-16-36-17-19-41-20-18-36/h3-12,21H,2,13-20,22H2,1H3,(H,33,38)(H2,34,35,40). The number of urea groups is 1. The van der Waals surface area contributed by atoms with Crippen LogP contribution >= 0.6 is 0 Å². The number of nitrogens with one attached hydrogen (secondary N) is 3. The van der Waals surface area contributed by atoms with Crippen LogP contribution in [0.4, 0.5) is 21.9 Å². The summed E-state index contributed by atoms with van der Waals surface area (Å²) in [6.45, 7) is 7.93. The van der Waals surface area contributed by atoms with Gasteiger partial charge in [0.2, 0.25) is 0 Å². The maximum atomic E-state index is 13.5. The van der Waals surface area contributed by atoms with Crippen molar-refractivity contribution in [3.63, 3.8) is 0 Å². The van der Waals surface area contributed by atoms with Gasteiger partial charge in [0.1, 0.15) is 0 Å². The molecule has 2 heterocycles. The fourth-order valence-corrected chi connectivity index (χ4v) is 5.22. The SMILES string of the molecule is CCOC(=O)c1ccc(NC(=O)Nc2ccc(N3CCc4ccccc4C3)c(C(=O)NCCN3CCOCC3)c2)cc1. The van der Waals surface area contributed by atoms with Gasteiger partial charge in [-0.15, -0.1) is 0 Å². The minimum Gasteiger partial charge on any atom is -0.462 e. The van der Waals surface area contributed by atoms with Crippen molar-refractivity contribution in [2.45, 2.75) is 19.9 Å². The lowest BCUT2D eigenvalue weighted by Gasteiger charge is -2.32. The first-order valence-electron chi connectivity index (χ1n) is 14.4. The molecule has 42 heavy (non-hydrogen) atoms. The monoisotopic (exact) mass is 571 g/mol. The van der Waals surface area contributed by atoms with E-state index in [2.05, 4.69) is 43.9 Å². The average molecular weight is 572 g/mol. The molecule has 10 heteroatoms. The Morgan fingerprint density at radius 2 is 1.60 bits per heavy atom. The van der Waals surface area contributed by atoms with E-state index in [0.29, 0.717) is 55.4 Å². The number of ether oxygens (including phenoxy) is 2. The van der Waals surface area contributed by atoms with Crippen molar-refractivity contribution in [1.82, 2.24) is 10.2 Å².